The summed E-state index contributed by atoms with van der Waals surface area (Å²) in [4.78, 5) is 10.3. The summed E-state index contributed by atoms with van der Waals surface area (Å²) >= 11 is 0. The van der Waals surface area contributed by atoms with Gasteiger partial charge in [0.15, 0.2) is 11.5 Å². The maximum absolute atomic E-state index is 10.3. The number of carboxylic acid groups (broad SMARTS) is 1. The fourth-order valence-corrected chi connectivity index (χ4v) is 0.817. The number of hydrogen-bond acceptors (Lipinski definition) is 4. The molecule has 1 rings (SSSR count). The van der Waals surface area contributed by atoms with Crippen LogP contribution in [0.25, 0.3) is 0 Å². The topological polar surface area (TPSA) is 69.6 Å². The van der Waals surface area contributed by atoms with Crippen LogP contribution in [0.15, 0.2) is 18.2 Å². The Balaban J connectivity index is 0.00000144. The first-order valence-electron chi connectivity index (χ1n) is 3.23. The molecule has 0 saturated carbocycles. The second kappa shape index (κ2) is 5.11. The van der Waals surface area contributed by atoms with Crippen molar-refractivity contribution in [2.75, 3.05) is 7.11 Å². The summed E-state index contributed by atoms with van der Waals surface area (Å²) in [5, 5.41) is 19.4. The van der Waals surface area contributed by atoms with Crippen LogP contribution >= 0.6 is 0 Å². The van der Waals surface area contributed by atoms with E-state index in [4.69, 9.17) is 9.84 Å². The molecule has 0 aromatic heterocycles. The molecule has 0 aliphatic heterocycles. The van der Waals surface area contributed by atoms with E-state index in [9.17, 15) is 9.90 Å². The molecule has 0 aliphatic carbocycles. The molecule has 0 saturated heterocycles. The minimum atomic E-state index is -1.33. The summed E-state index contributed by atoms with van der Waals surface area (Å²) in [6.07, 6.45) is 0. The van der Waals surface area contributed by atoms with Gasteiger partial charge in [0.2, 0.25) is 0 Å². The molecule has 0 amide bonds. The fourth-order valence-electron chi connectivity index (χ4n) is 0.817. The van der Waals surface area contributed by atoms with Gasteiger partial charge in [0.25, 0.3) is 0 Å². The Labute approximate surface area is 97.4 Å². The molecule has 0 fully saturated rings. The van der Waals surface area contributed by atoms with E-state index in [1.165, 1.54) is 19.2 Å². The average molecular weight is 190 g/mol. The standard InChI is InChI=1S/C8H8O4.Na/c1-12-7-3-2-5(8(10)11)4-6(7)9;/h2-4,9H,1H3,(H,10,11);/q;+1/p-1. The van der Waals surface area contributed by atoms with Crippen LogP contribution in [-0.4, -0.2) is 18.2 Å². The number of methoxy groups -OCH3 is 1. The van der Waals surface area contributed by atoms with Crippen molar-refractivity contribution in [2.24, 2.45) is 0 Å². The van der Waals surface area contributed by atoms with Gasteiger partial charge in [0, 0.05) is 5.56 Å². The van der Waals surface area contributed by atoms with E-state index in [1.807, 2.05) is 0 Å². The van der Waals surface area contributed by atoms with Crippen LogP contribution in [0.5, 0.6) is 11.5 Å². The molecule has 0 spiro atoms. The van der Waals surface area contributed by atoms with Crippen LogP contribution in [0.4, 0.5) is 0 Å². The Morgan fingerprint density at radius 2 is 2.15 bits per heavy atom. The molecule has 1 N–H and O–H groups in total. The van der Waals surface area contributed by atoms with Gasteiger partial charge in [-0.05, 0) is 18.2 Å². The predicted octanol–water partition coefficient (Wildman–Crippen LogP) is -3.23. The number of benzene rings is 1. The van der Waals surface area contributed by atoms with Crippen LogP contribution in [0, 0.1) is 0 Å². The molecule has 0 heterocycles. The minimum absolute atomic E-state index is 0. The Morgan fingerprint density at radius 1 is 1.54 bits per heavy atom. The number of hydrogen-bond donors (Lipinski definition) is 1. The van der Waals surface area contributed by atoms with Crippen molar-refractivity contribution in [1.82, 2.24) is 0 Å². The number of aromatic carboxylic acids is 1. The maximum Gasteiger partial charge on any atom is 1.00 e. The Morgan fingerprint density at radius 3 is 2.54 bits per heavy atom. The third-order valence-electron chi connectivity index (χ3n) is 1.41. The van der Waals surface area contributed by atoms with Crippen molar-refractivity contribution in [3.8, 4) is 11.5 Å². The molecule has 1 aromatic carbocycles. The zero-order chi connectivity index (χ0) is 9.14. The third kappa shape index (κ3) is 2.91. The van der Waals surface area contributed by atoms with Crippen molar-refractivity contribution in [3.63, 3.8) is 0 Å². The van der Waals surface area contributed by atoms with E-state index in [0.29, 0.717) is 0 Å². The van der Waals surface area contributed by atoms with Crippen molar-refractivity contribution in [3.05, 3.63) is 23.8 Å². The summed E-state index contributed by atoms with van der Waals surface area (Å²) in [5.74, 6) is -1.30. The Bertz CT molecular complexity index is 311. The average Bonchev–Trinajstić information content (AvgIpc) is 2.04. The minimum Gasteiger partial charge on any atom is -0.545 e. The molecular weight excluding hydrogens is 183 g/mol. The van der Waals surface area contributed by atoms with Gasteiger partial charge in [-0.1, -0.05) is 0 Å². The number of phenolic OH excluding ortho intramolecular Hbond substituents is 1. The molecule has 5 heteroatoms. The zero-order valence-electron chi connectivity index (χ0n) is 7.40. The molecule has 13 heavy (non-hydrogen) atoms. The van der Waals surface area contributed by atoms with Crippen LogP contribution in [-0.2, 0) is 0 Å². The molecule has 0 atom stereocenters. The van der Waals surface area contributed by atoms with Gasteiger partial charge < -0.3 is 19.7 Å². The second-order valence-corrected chi connectivity index (χ2v) is 2.17. The molecule has 0 bridgehead atoms. The van der Waals surface area contributed by atoms with Gasteiger partial charge in [0.05, 0.1) is 13.1 Å². The molecule has 0 radical (unpaired) electrons. The molecule has 1 aromatic rings. The van der Waals surface area contributed by atoms with Crippen LogP contribution in [0.1, 0.15) is 10.4 Å². The molecule has 0 unspecified atom stereocenters. The number of aromatic hydroxyl groups is 1. The number of carboxylic acids is 1. The number of ether oxygens (including phenoxy) is 1. The van der Waals surface area contributed by atoms with Crippen LogP contribution in [0.2, 0.25) is 0 Å². The largest absolute Gasteiger partial charge is 1.00 e. The summed E-state index contributed by atoms with van der Waals surface area (Å²) in [6, 6.07) is 3.74. The van der Waals surface area contributed by atoms with Gasteiger partial charge in [-0.3, -0.25) is 0 Å². The summed E-state index contributed by atoms with van der Waals surface area (Å²) < 4.78 is 4.72. The molecule has 4 nitrogen and oxygen atoms in total. The monoisotopic (exact) mass is 190 g/mol. The van der Waals surface area contributed by atoms with Gasteiger partial charge in [-0.25, -0.2) is 0 Å². The Hall–Kier alpha value is -0.710. The Kier molecular flexibility index (Phi) is 4.83. The van der Waals surface area contributed by atoms with Crippen molar-refractivity contribution >= 4 is 5.97 Å². The molecular formula is C8H7NaO4. The number of carbonyl (C=O) groups excluding carboxylic acids is 1. The van der Waals surface area contributed by atoms with E-state index in [0.717, 1.165) is 6.07 Å². The maximum atomic E-state index is 10.3. The van der Waals surface area contributed by atoms with E-state index in [-0.39, 0.29) is 46.6 Å². The second-order valence-electron chi connectivity index (χ2n) is 2.17. The van der Waals surface area contributed by atoms with Crippen LogP contribution in [0.3, 0.4) is 0 Å². The first kappa shape index (κ1) is 12.3. The smallest absolute Gasteiger partial charge is 0.545 e. The van der Waals surface area contributed by atoms with Gasteiger partial charge in [-0.15, -0.1) is 0 Å². The first-order chi connectivity index (χ1) is 5.65. The van der Waals surface area contributed by atoms with Gasteiger partial charge in [0.1, 0.15) is 0 Å². The summed E-state index contributed by atoms with van der Waals surface area (Å²) in [5.41, 5.74) is -0.0756. The van der Waals surface area contributed by atoms with Crippen molar-refractivity contribution in [1.29, 1.82) is 0 Å². The van der Waals surface area contributed by atoms with Crippen molar-refractivity contribution < 1.29 is 49.3 Å². The number of carbonyl (C=O) groups is 1. The van der Waals surface area contributed by atoms with Gasteiger partial charge in [-0.2, -0.15) is 0 Å². The van der Waals surface area contributed by atoms with Crippen LogP contribution < -0.4 is 39.4 Å². The van der Waals surface area contributed by atoms with E-state index < -0.39 is 5.97 Å². The molecule has 64 valence electrons. The SMILES string of the molecule is COc1ccc(C(=O)[O-])cc1O.[Na+]. The normalized spacial score (nSPS) is 8.69. The zero-order valence-corrected chi connectivity index (χ0v) is 9.40. The van der Waals surface area contributed by atoms with E-state index in [1.54, 1.807) is 0 Å². The van der Waals surface area contributed by atoms with Crippen molar-refractivity contribution in [2.45, 2.75) is 0 Å². The number of phenols is 1. The predicted molar refractivity (Wildman–Crippen MR) is 39.0 cm³/mol. The third-order valence-corrected chi connectivity index (χ3v) is 1.41. The fraction of sp³-hybridized carbons (Fsp3) is 0.125. The first-order valence-corrected chi connectivity index (χ1v) is 3.23. The summed E-state index contributed by atoms with van der Waals surface area (Å²) in [6.45, 7) is 0. The molecule has 0 aliphatic rings. The van der Waals surface area contributed by atoms with E-state index >= 15 is 0 Å². The van der Waals surface area contributed by atoms with Gasteiger partial charge >= 0.3 is 29.6 Å². The summed E-state index contributed by atoms with van der Waals surface area (Å²) in [7, 11) is 1.38. The quantitative estimate of drug-likeness (QED) is 0.498. The van der Waals surface area contributed by atoms with E-state index in [2.05, 4.69) is 0 Å². The number of rotatable bonds is 2.